The van der Waals surface area contributed by atoms with Crippen LogP contribution in [0.4, 0.5) is 5.82 Å². The third kappa shape index (κ3) is 2.73. The highest BCUT2D eigenvalue weighted by Gasteiger charge is 2.09. The first-order valence-corrected chi connectivity index (χ1v) is 4.50. The van der Waals surface area contributed by atoms with Gasteiger partial charge in [0.15, 0.2) is 0 Å². The highest BCUT2D eigenvalue weighted by atomic mass is 16.5. The summed E-state index contributed by atoms with van der Waals surface area (Å²) in [5.41, 5.74) is 0. The standard InChI is InChI=1S/C10H14N2O2/c1-3-12(8-10(13)14-2)9-6-4-5-7-11-9/h4-7H,3,8H2,1-2H3. The third-order valence-corrected chi connectivity index (χ3v) is 1.90. The second-order valence-electron chi connectivity index (χ2n) is 2.78. The van der Waals surface area contributed by atoms with Gasteiger partial charge in [-0.25, -0.2) is 4.98 Å². The van der Waals surface area contributed by atoms with Crippen LogP contribution in [0.25, 0.3) is 0 Å². The molecule has 0 aliphatic heterocycles. The summed E-state index contributed by atoms with van der Waals surface area (Å²) < 4.78 is 4.60. The summed E-state index contributed by atoms with van der Waals surface area (Å²) in [7, 11) is 1.38. The number of aromatic nitrogens is 1. The van der Waals surface area contributed by atoms with Gasteiger partial charge >= 0.3 is 5.97 Å². The van der Waals surface area contributed by atoms with Gasteiger partial charge < -0.3 is 9.64 Å². The van der Waals surface area contributed by atoms with Crippen molar-refractivity contribution in [3.63, 3.8) is 0 Å². The molecule has 0 radical (unpaired) electrons. The molecule has 0 N–H and O–H groups in total. The van der Waals surface area contributed by atoms with Crippen molar-refractivity contribution >= 4 is 11.8 Å². The van der Waals surface area contributed by atoms with Crippen LogP contribution in [0, 0.1) is 0 Å². The van der Waals surface area contributed by atoms with Gasteiger partial charge in [-0.3, -0.25) is 4.79 Å². The van der Waals surface area contributed by atoms with E-state index in [4.69, 9.17) is 0 Å². The van der Waals surface area contributed by atoms with E-state index in [2.05, 4.69) is 9.72 Å². The van der Waals surface area contributed by atoms with Gasteiger partial charge in [-0.2, -0.15) is 0 Å². The van der Waals surface area contributed by atoms with Crippen LogP contribution in [0.3, 0.4) is 0 Å². The SMILES string of the molecule is CCN(CC(=O)OC)c1ccccn1. The Bertz CT molecular complexity index is 287. The zero-order valence-electron chi connectivity index (χ0n) is 8.43. The van der Waals surface area contributed by atoms with Crippen molar-refractivity contribution in [3.8, 4) is 0 Å². The van der Waals surface area contributed by atoms with E-state index in [9.17, 15) is 4.79 Å². The van der Waals surface area contributed by atoms with Crippen LogP contribution >= 0.6 is 0 Å². The minimum Gasteiger partial charge on any atom is -0.468 e. The number of pyridine rings is 1. The van der Waals surface area contributed by atoms with Crippen LogP contribution < -0.4 is 4.90 Å². The van der Waals surface area contributed by atoms with Crippen molar-refractivity contribution in [2.24, 2.45) is 0 Å². The van der Waals surface area contributed by atoms with Crippen LogP contribution in [0.1, 0.15) is 6.92 Å². The number of anilines is 1. The van der Waals surface area contributed by atoms with Crippen molar-refractivity contribution in [1.29, 1.82) is 0 Å². The molecule has 0 fully saturated rings. The van der Waals surface area contributed by atoms with Gasteiger partial charge in [0.25, 0.3) is 0 Å². The van der Waals surface area contributed by atoms with Crippen LogP contribution in [0.2, 0.25) is 0 Å². The predicted molar refractivity (Wildman–Crippen MR) is 54.1 cm³/mol. The molecular formula is C10H14N2O2. The number of hydrogen-bond donors (Lipinski definition) is 0. The minimum absolute atomic E-state index is 0.240. The molecular weight excluding hydrogens is 180 g/mol. The molecule has 76 valence electrons. The quantitative estimate of drug-likeness (QED) is 0.673. The Morgan fingerprint density at radius 1 is 1.57 bits per heavy atom. The average molecular weight is 194 g/mol. The van der Waals surface area contributed by atoms with Gasteiger partial charge in [-0.05, 0) is 19.1 Å². The molecule has 0 saturated heterocycles. The zero-order chi connectivity index (χ0) is 10.4. The maximum absolute atomic E-state index is 11.1. The fourth-order valence-corrected chi connectivity index (χ4v) is 1.12. The molecule has 1 rings (SSSR count). The lowest BCUT2D eigenvalue weighted by Gasteiger charge is -2.19. The number of likely N-dealkylation sites (N-methyl/N-ethyl adjacent to an activating group) is 1. The summed E-state index contributed by atoms with van der Waals surface area (Å²) >= 11 is 0. The molecule has 1 aromatic rings. The first-order valence-electron chi connectivity index (χ1n) is 4.50. The zero-order valence-corrected chi connectivity index (χ0v) is 8.43. The van der Waals surface area contributed by atoms with Gasteiger partial charge in [-0.15, -0.1) is 0 Å². The summed E-state index contributed by atoms with van der Waals surface area (Å²) in [5.74, 6) is 0.540. The Kier molecular flexibility index (Phi) is 3.91. The van der Waals surface area contributed by atoms with Crippen molar-refractivity contribution < 1.29 is 9.53 Å². The molecule has 4 nitrogen and oxygen atoms in total. The van der Waals surface area contributed by atoms with Crippen LogP contribution in [-0.4, -0.2) is 31.2 Å². The summed E-state index contributed by atoms with van der Waals surface area (Å²) in [6, 6.07) is 5.60. The number of rotatable bonds is 4. The summed E-state index contributed by atoms with van der Waals surface area (Å²) in [6.07, 6.45) is 1.70. The average Bonchev–Trinajstić information content (AvgIpc) is 2.26. The molecule has 0 saturated carbocycles. The lowest BCUT2D eigenvalue weighted by Crippen LogP contribution is -2.30. The molecule has 1 heterocycles. The Hall–Kier alpha value is -1.58. The third-order valence-electron chi connectivity index (χ3n) is 1.90. The smallest absolute Gasteiger partial charge is 0.325 e. The highest BCUT2D eigenvalue weighted by molar-refractivity contribution is 5.75. The lowest BCUT2D eigenvalue weighted by molar-refractivity contribution is -0.138. The number of carbonyl (C=O) groups excluding carboxylic acids is 1. The molecule has 0 unspecified atom stereocenters. The Morgan fingerprint density at radius 3 is 2.86 bits per heavy atom. The van der Waals surface area contributed by atoms with E-state index in [1.54, 1.807) is 6.20 Å². The van der Waals surface area contributed by atoms with E-state index >= 15 is 0 Å². The van der Waals surface area contributed by atoms with E-state index in [0.717, 1.165) is 12.4 Å². The molecule has 0 aliphatic carbocycles. The number of nitrogens with zero attached hydrogens (tertiary/aromatic N) is 2. The van der Waals surface area contributed by atoms with E-state index in [0.29, 0.717) is 0 Å². The first kappa shape index (κ1) is 10.5. The second-order valence-corrected chi connectivity index (χ2v) is 2.78. The molecule has 0 atom stereocenters. The monoisotopic (exact) mass is 194 g/mol. The Balaban J connectivity index is 2.68. The minimum atomic E-state index is -0.252. The van der Waals surface area contributed by atoms with Gasteiger partial charge in [0, 0.05) is 12.7 Å². The van der Waals surface area contributed by atoms with Crippen molar-refractivity contribution in [3.05, 3.63) is 24.4 Å². The molecule has 1 aromatic heterocycles. The van der Waals surface area contributed by atoms with E-state index in [1.807, 2.05) is 30.0 Å². The van der Waals surface area contributed by atoms with Crippen molar-refractivity contribution in [1.82, 2.24) is 4.98 Å². The fourth-order valence-electron chi connectivity index (χ4n) is 1.12. The Morgan fingerprint density at radius 2 is 2.36 bits per heavy atom. The fraction of sp³-hybridized carbons (Fsp3) is 0.400. The Labute approximate surface area is 83.5 Å². The van der Waals surface area contributed by atoms with E-state index in [1.165, 1.54) is 7.11 Å². The molecule has 14 heavy (non-hydrogen) atoms. The van der Waals surface area contributed by atoms with E-state index in [-0.39, 0.29) is 12.5 Å². The first-order chi connectivity index (χ1) is 6.77. The normalized spacial score (nSPS) is 9.57. The van der Waals surface area contributed by atoms with E-state index < -0.39 is 0 Å². The highest BCUT2D eigenvalue weighted by Crippen LogP contribution is 2.07. The summed E-state index contributed by atoms with van der Waals surface area (Å²) in [6.45, 7) is 2.94. The lowest BCUT2D eigenvalue weighted by atomic mass is 10.4. The summed E-state index contributed by atoms with van der Waals surface area (Å²) in [4.78, 5) is 17.1. The number of methoxy groups -OCH3 is 1. The molecule has 4 heteroatoms. The van der Waals surface area contributed by atoms with Gasteiger partial charge in [0.05, 0.1) is 7.11 Å². The van der Waals surface area contributed by atoms with Gasteiger partial charge in [-0.1, -0.05) is 6.07 Å². The van der Waals surface area contributed by atoms with Crippen LogP contribution in [-0.2, 0) is 9.53 Å². The molecule has 0 bridgehead atoms. The summed E-state index contributed by atoms with van der Waals surface area (Å²) in [5, 5.41) is 0. The molecule has 0 spiro atoms. The van der Waals surface area contributed by atoms with Gasteiger partial charge in [0.1, 0.15) is 12.4 Å². The largest absolute Gasteiger partial charge is 0.468 e. The number of hydrogen-bond acceptors (Lipinski definition) is 4. The van der Waals surface area contributed by atoms with Gasteiger partial charge in [0.2, 0.25) is 0 Å². The number of esters is 1. The maximum atomic E-state index is 11.1. The molecule has 0 aliphatic rings. The molecule has 0 aromatic carbocycles. The maximum Gasteiger partial charge on any atom is 0.325 e. The molecule has 0 amide bonds. The number of ether oxygens (including phenoxy) is 1. The van der Waals surface area contributed by atoms with Crippen LogP contribution in [0.15, 0.2) is 24.4 Å². The second kappa shape index (κ2) is 5.21. The number of carbonyl (C=O) groups is 1. The topological polar surface area (TPSA) is 42.4 Å². The van der Waals surface area contributed by atoms with Crippen molar-refractivity contribution in [2.45, 2.75) is 6.92 Å². The predicted octanol–water partition coefficient (Wildman–Crippen LogP) is 1.08. The van der Waals surface area contributed by atoms with Crippen LogP contribution in [0.5, 0.6) is 0 Å². The van der Waals surface area contributed by atoms with Crippen molar-refractivity contribution in [2.75, 3.05) is 25.1 Å².